The van der Waals surface area contributed by atoms with Crippen molar-refractivity contribution >= 4 is 17.5 Å². The van der Waals surface area contributed by atoms with Crippen LogP contribution in [0, 0.1) is 0 Å². The van der Waals surface area contributed by atoms with Crippen LogP contribution in [0.2, 0.25) is 0 Å². The van der Waals surface area contributed by atoms with Crippen LogP contribution in [-0.4, -0.2) is 49.6 Å². The third-order valence-corrected chi connectivity index (χ3v) is 6.38. The average molecular weight is 509 g/mol. The first-order valence-corrected chi connectivity index (χ1v) is 11.7. The smallest absolute Gasteiger partial charge is 0.357 e. The third-order valence-electron chi connectivity index (χ3n) is 6.38. The molecule has 5 rings (SSSR count). The number of aromatic nitrogens is 4. The molecule has 2 aromatic carbocycles. The number of carbonyl (C=O) groups is 2. The van der Waals surface area contributed by atoms with E-state index in [1.54, 1.807) is 17.0 Å². The fourth-order valence-corrected chi connectivity index (χ4v) is 4.37. The number of carbonyl (C=O) groups excluding carboxylic acids is 2. The van der Waals surface area contributed by atoms with Crippen LogP contribution in [-0.2, 0) is 6.18 Å². The molecule has 2 N–H and O–H groups in total. The Kier molecular flexibility index (Phi) is 6.51. The highest BCUT2D eigenvalue weighted by Crippen LogP contribution is 2.32. The fourth-order valence-electron chi connectivity index (χ4n) is 4.37. The summed E-state index contributed by atoms with van der Waals surface area (Å²) in [7, 11) is 0. The van der Waals surface area contributed by atoms with E-state index in [1.807, 2.05) is 42.5 Å². The molecule has 0 spiro atoms. The Bertz CT molecular complexity index is 1390. The van der Waals surface area contributed by atoms with E-state index in [-0.39, 0.29) is 17.4 Å². The first-order valence-electron chi connectivity index (χ1n) is 11.7. The Hall–Kier alpha value is -4.41. The summed E-state index contributed by atoms with van der Waals surface area (Å²) in [4.78, 5) is 33.3. The molecule has 1 aliphatic heterocycles. The lowest BCUT2D eigenvalue weighted by Crippen LogP contribution is -2.38. The standard InChI is InChI=1S/C26H23F3N6O2/c27-26(28,29)19-14-22(30-15-19)25(37)34-12-10-18(11-13-34)17-6-8-20(9-7-17)32-24(36)23-31-16-35(33-23)21-4-2-1-3-5-21/h1-9,14-16,18,30H,10-13H2,(H,32,36). The molecular weight excluding hydrogens is 485 g/mol. The summed E-state index contributed by atoms with van der Waals surface area (Å²) in [6, 6.07) is 17.7. The van der Waals surface area contributed by atoms with Crippen molar-refractivity contribution in [3.63, 3.8) is 0 Å². The molecule has 0 bridgehead atoms. The lowest BCUT2D eigenvalue weighted by atomic mass is 9.89. The molecule has 0 unspecified atom stereocenters. The molecule has 0 saturated carbocycles. The molecular formula is C26H23F3N6O2. The largest absolute Gasteiger partial charge is 0.417 e. The number of nitrogens with zero attached hydrogens (tertiary/aromatic N) is 4. The molecule has 2 amide bonds. The van der Waals surface area contributed by atoms with Crippen molar-refractivity contribution in [2.45, 2.75) is 24.9 Å². The number of amides is 2. The number of halogens is 3. The number of nitrogens with one attached hydrogen (secondary N) is 2. The van der Waals surface area contributed by atoms with E-state index in [9.17, 15) is 22.8 Å². The monoisotopic (exact) mass is 508 g/mol. The van der Waals surface area contributed by atoms with Crippen molar-refractivity contribution in [3.8, 4) is 5.69 Å². The first kappa shape index (κ1) is 24.3. The van der Waals surface area contributed by atoms with Gasteiger partial charge in [-0.2, -0.15) is 13.2 Å². The van der Waals surface area contributed by atoms with Crippen LogP contribution in [0.1, 0.15) is 51.0 Å². The van der Waals surface area contributed by atoms with Gasteiger partial charge in [0, 0.05) is 25.0 Å². The normalized spacial score (nSPS) is 14.5. The van der Waals surface area contributed by atoms with Crippen molar-refractivity contribution < 1.29 is 22.8 Å². The minimum absolute atomic E-state index is 0.0504. The van der Waals surface area contributed by atoms with E-state index in [0.29, 0.717) is 31.6 Å². The van der Waals surface area contributed by atoms with Crippen LogP contribution < -0.4 is 5.32 Å². The van der Waals surface area contributed by atoms with Gasteiger partial charge in [-0.25, -0.2) is 9.67 Å². The average Bonchev–Trinajstić information content (AvgIpc) is 3.60. The zero-order chi connectivity index (χ0) is 26.0. The van der Waals surface area contributed by atoms with Crippen LogP contribution >= 0.6 is 0 Å². The van der Waals surface area contributed by atoms with Gasteiger partial charge in [-0.05, 0) is 54.7 Å². The summed E-state index contributed by atoms with van der Waals surface area (Å²) in [5, 5.41) is 7.02. The topological polar surface area (TPSA) is 95.9 Å². The van der Waals surface area contributed by atoms with Crippen LogP contribution in [0.5, 0.6) is 0 Å². The van der Waals surface area contributed by atoms with Gasteiger partial charge in [0.1, 0.15) is 12.0 Å². The SMILES string of the molecule is O=C(Nc1ccc(C2CCN(C(=O)c3cc(C(F)(F)F)c[nH]3)CC2)cc1)c1ncn(-c2ccccc2)n1. The maximum atomic E-state index is 12.8. The number of hydrogen-bond donors (Lipinski definition) is 2. The summed E-state index contributed by atoms with van der Waals surface area (Å²) in [6.07, 6.45) is -0.828. The number of rotatable bonds is 5. The number of benzene rings is 2. The van der Waals surface area contributed by atoms with E-state index in [2.05, 4.69) is 20.4 Å². The number of piperidine rings is 1. The second-order valence-corrected chi connectivity index (χ2v) is 8.79. The summed E-state index contributed by atoms with van der Waals surface area (Å²) >= 11 is 0. The zero-order valence-corrected chi connectivity index (χ0v) is 19.6. The predicted octanol–water partition coefficient (Wildman–Crippen LogP) is 4.89. The highest BCUT2D eigenvalue weighted by molar-refractivity contribution is 6.01. The van der Waals surface area contributed by atoms with Gasteiger partial charge in [-0.3, -0.25) is 9.59 Å². The molecule has 8 nitrogen and oxygen atoms in total. The Morgan fingerprint density at radius 1 is 1.00 bits per heavy atom. The van der Waals surface area contributed by atoms with Crippen LogP contribution in [0.3, 0.4) is 0 Å². The highest BCUT2D eigenvalue weighted by atomic mass is 19.4. The Balaban J connectivity index is 1.15. The second-order valence-electron chi connectivity index (χ2n) is 8.79. The lowest BCUT2D eigenvalue weighted by molar-refractivity contribution is -0.137. The van der Waals surface area contributed by atoms with Crippen LogP contribution in [0.15, 0.2) is 73.2 Å². The molecule has 11 heteroatoms. The Morgan fingerprint density at radius 2 is 1.70 bits per heavy atom. The number of anilines is 1. The van der Waals surface area contributed by atoms with E-state index in [1.165, 1.54) is 11.0 Å². The molecule has 3 heterocycles. The van der Waals surface area contributed by atoms with Gasteiger partial charge in [0.05, 0.1) is 11.3 Å². The molecule has 0 atom stereocenters. The number of H-pyrrole nitrogens is 1. The second kappa shape index (κ2) is 9.92. The maximum Gasteiger partial charge on any atom is 0.417 e. The summed E-state index contributed by atoms with van der Waals surface area (Å²) in [5.74, 6) is -0.608. The predicted molar refractivity (Wildman–Crippen MR) is 129 cm³/mol. The molecule has 190 valence electrons. The molecule has 0 radical (unpaired) electrons. The summed E-state index contributed by atoms with van der Waals surface area (Å²) in [6.45, 7) is 0.885. The Morgan fingerprint density at radius 3 is 2.35 bits per heavy atom. The molecule has 4 aromatic rings. The maximum absolute atomic E-state index is 12.8. The van der Waals surface area contributed by atoms with E-state index in [4.69, 9.17) is 0 Å². The van der Waals surface area contributed by atoms with E-state index < -0.39 is 23.6 Å². The number of alkyl halides is 3. The van der Waals surface area contributed by atoms with Gasteiger partial charge in [0.25, 0.3) is 11.8 Å². The molecule has 2 aromatic heterocycles. The van der Waals surface area contributed by atoms with Crippen molar-refractivity contribution in [2.24, 2.45) is 0 Å². The van der Waals surface area contributed by atoms with Crippen molar-refractivity contribution in [3.05, 3.63) is 95.8 Å². The van der Waals surface area contributed by atoms with Crippen LogP contribution in [0.4, 0.5) is 18.9 Å². The van der Waals surface area contributed by atoms with Gasteiger partial charge in [0.15, 0.2) is 0 Å². The number of likely N-dealkylation sites (tertiary alicyclic amines) is 1. The molecule has 37 heavy (non-hydrogen) atoms. The van der Waals surface area contributed by atoms with Gasteiger partial charge >= 0.3 is 6.18 Å². The Labute approximate surface area is 210 Å². The number of aromatic amines is 1. The number of para-hydroxylation sites is 1. The quantitative estimate of drug-likeness (QED) is 0.401. The molecule has 0 aliphatic carbocycles. The van der Waals surface area contributed by atoms with Gasteiger partial charge in [0.2, 0.25) is 5.82 Å². The molecule has 1 fully saturated rings. The van der Waals surface area contributed by atoms with Crippen molar-refractivity contribution in [1.29, 1.82) is 0 Å². The first-order chi connectivity index (χ1) is 17.8. The highest BCUT2D eigenvalue weighted by Gasteiger charge is 2.33. The van der Waals surface area contributed by atoms with Gasteiger partial charge < -0.3 is 15.2 Å². The van der Waals surface area contributed by atoms with E-state index >= 15 is 0 Å². The lowest BCUT2D eigenvalue weighted by Gasteiger charge is -2.32. The molecule has 1 saturated heterocycles. The summed E-state index contributed by atoms with van der Waals surface area (Å²) < 4.78 is 40.0. The summed E-state index contributed by atoms with van der Waals surface area (Å²) in [5.41, 5.74) is 1.54. The minimum atomic E-state index is -4.49. The van der Waals surface area contributed by atoms with Gasteiger partial charge in [-0.1, -0.05) is 30.3 Å². The van der Waals surface area contributed by atoms with E-state index in [0.717, 1.165) is 23.5 Å². The molecule has 1 aliphatic rings. The van der Waals surface area contributed by atoms with Crippen molar-refractivity contribution in [1.82, 2.24) is 24.6 Å². The minimum Gasteiger partial charge on any atom is -0.357 e. The zero-order valence-electron chi connectivity index (χ0n) is 19.6. The third kappa shape index (κ3) is 5.40. The van der Waals surface area contributed by atoms with Crippen LogP contribution in [0.25, 0.3) is 5.69 Å². The van der Waals surface area contributed by atoms with Gasteiger partial charge in [-0.15, -0.1) is 5.10 Å². The number of hydrogen-bond acceptors (Lipinski definition) is 4. The fraction of sp³-hybridized carbons (Fsp3) is 0.231. The van der Waals surface area contributed by atoms with Crippen molar-refractivity contribution in [2.75, 3.05) is 18.4 Å².